The molecule has 0 amide bonds. The first-order valence-corrected chi connectivity index (χ1v) is 5.39. The summed E-state index contributed by atoms with van der Waals surface area (Å²) in [6, 6.07) is 1.92. The van der Waals surface area contributed by atoms with Crippen LogP contribution < -0.4 is 4.90 Å². The number of carbonyl (C=O) groups is 1. The lowest BCUT2D eigenvalue weighted by atomic mass is 9.96. The molecular formula is C10H13NO2S. The third-order valence-electron chi connectivity index (χ3n) is 2.63. The number of ether oxygens (including phenoxy) is 1. The highest BCUT2D eigenvalue weighted by atomic mass is 32.1. The van der Waals surface area contributed by atoms with Crippen LogP contribution in [-0.2, 0) is 4.74 Å². The molecule has 3 nitrogen and oxygen atoms in total. The van der Waals surface area contributed by atoms with Gasteiger partial charge in [-0.25, -0.2) is 0 Å². The van der Waals surface area contributed by atoms with E-state index in [1.165, 1.54) is 11.3 Å². The third-order valence-corrected chi connectivity index (χ3v) is 3.48. The van der Waals surface area contributed by atoms with E-state index in [0.29, 0.717) is 0 Å². The van der Waals surface area contributed by atoms with E-state index >= 15 is 0 Å². The molecule has 0 N–H and O–H groups in total. The SMILES string of the molecule is COC1(C)CN(c2csc(C=O)c2)C1. The zero-order chi connectivity index (χ0) is 10.2. The normalized spacial score (nSPS) is 19.1. The molecule has 14 heavy (non-hydrogen) atoms. The number of nitrogens with zero attached hydrogens (tertiary/aromatic N) is 1. The van der Waals surface area contributed by atoms with E-state index < -0.39 is 0 Å². The number of methoxy groups -OCH3 is 1. The van der Waals surface area contributed by atoms with Crippen LogP contribution in [0.1, 0.15) is 16.6 Å². The summed E-state index contributed by atoms with van der Waals surface area (Å²) in [7, 11) is 1.74. The fourth-order valence-electron chi connectivity index (χ4n) is 1.64. The number of anilines is 1. The lowest BCUT2D eigenvalue weighted by molar-refractivity contribution is -0.0167. The van der Waals surface area contributed by atoms with Crippen molar-refractivity contribution in [2.24, 2.45) is 0 Å². The van der Waals surface area contributed by atoms with Gasteiger partial charge in [-0.3, -0.25) is 4.79 Å². The van der Waals surface area contributed by atoms with Gasteiger partial charge in [-0.05, 0) is 13.0 Å². The van der Waals surface area contributed by atoms with Gasteiger partial charge in [-0.15, -0.1) is 11.3 Å². The summed E-state index contributed by atoms with van der Waals surface area (Å²) in [4.78, 5) is 13.5. The lowest BCUT2D eigenvalue weighted by Crippen LogP contribution is -2.61. The smallest absolute Gasteiger partial charge is 0.160 e. The maximum Gasteiger partial charge on any atom is 0.160 e. The summed E-state index contributed by atoms with van der Waals surface area (Å²) < 4.78 is 5.35. The zero-order valence-corrected chi connectivity index (χ0v) is 9.13. The van der Waals surface area contributed by atoms with Crippen molar-refractivity contribution in [3.05, 3.63) is 16.3 Å². The van der Waals surface area contributed by atoms with Crippen LogP contribution in [0.3, 0.4) is 0 Å². The molecule has 0 aliphatic carbocycles. The van der Waals surface area contributed by atoms with Crippen molar-refractivity contribution in [2.75, 3.05) is 25.1 Å². The fourth-order valence-corrected chi connectivity index (χ4v) is 2.36. The second-order valence-corrected chi connectivity index (χ2v) is 4.78. The molecule has 1 aliphatic heterocycles. The average molecular weight is 211 g/mol. The largest absolute Gasteiger partial charge is 0.375 e. The molecule has 0 aromatic carbocycles. The molecule has 0 unspecified atom stereocenters. The van der Waals surface area contributed by atoms with Gasteiger partial charge in [0.05, 0.1) is 10.5 Å². The molecule has 4 heteroatoms. The van der Waals surface area contributed by atoms with Crippen molar-refractivity contribution in [1.82, 2.24) is 0 Å². The third kappa shape index (κ3) is 1.55. The van der Waals surface area contributed by atoms with Gasteiger partial charge in [-0.1, -0.05) is 0 Å². The van der Waals surface area contributed by atoms with Gasteiger partial charge in [0, 0.05) is 31.3 Å². The Hall–Kier alpha value is -0.870. The Kier molecular flexibility index (Phi) is 2.33. The van der Waals surface area contributed by atoms with Crippen molar-refractivity contribution >= 4 is 23.3 Å². The van der Waals surface area contributed by atoms with E-state index in [0.717, 1.165) is 29.9 Å². The van der Waals surface area contributed by atoms with Crippen LogP contribution in [-0.4, -0.2) is 32.1 Å². The Balaban J connectivity index is 2.02. The maximum atomic E-state index is 10.5. The summed E-state index contributed by atoms with van der Waals surface area (Å²) in [6.07, 6.45) is 0.892. The minimum Gasteiger partial charge on any atom is -0.375 e. The van der Waals surface area contributed by atoms with Crippen LogP contribution in [0.25, 0.3) is 0 Å². The highest BCUT2D eigenvalue weighted by Crippen LogP contribution is 2.32. The maximum absolute atomic E-state index is 10.5. The van der Waals surface area contributed by atoms with Gasteiger partial charge < -0.3 is 9.64 Å². The van der Waals surface area contributed by atoms with E-state index in [-0.39, 0.29) is 5.60 Å². The lowest BCUT2D eigenvalue weighted by Gasteiger charge is -2.47. The van der Waals surface area contributed by atoms with Gasteiger partial charge in [0.25, 0.3) is 0 Å². The number of carbonyl (C=O) groups excluding carboxylic acids is 1. The van der Waals surface area contributed by atoms with Crippen LogP contribution in [0, 0.1) is 0 Å². The van der Waals surface area contributed by atoms with Gasteiger partial charge in [0.1, 0.15) is 0 Å². The van der Waals surface area contributed by atoms with Crippen molar-refractivity contribution in [3.63, 3.8) is 0 Å². The second kappa shape index (κ2) is 3.37. The molecule has 2 rings (SSSR count). The molecule has 76 valence electrons. The summed E-state index contributed by atoms with van der Waals surface area (Å²) in [6.45, 7) is 3.90. The van der Waals surface area contributed by atoms with Crippen LogP contribution in [0.5, 0.6) is 0 Å². The highest BCUT2D eigenvalue weighted by Gasteiger charge is 2.39. The molecule has 0 radical (unpaired) electrons. The molecule has 1 aliphatic rings. The number of rotatable bonds is 3. The van der Waals surface area contributed by atoms with Gasteiger partial charge in [-0.2, -0.15) is 0 Å². The molecule has 0 bridgehead atoms. The van der Waals surface area contributed by atoms with Crippen molar-refractivity contribution in [3.8, 4) is 0 Å². The first-order valence-electron chi connectivity index (χ1n) is 4.51. The van der Waals surface area contributed by atoms with E-state index in [1.54, 1.807) is 7.11 Å². The number of aldehydes is 1. The van der Waals surface area contributed by atoms with Crippen molar-refractivity contribution < 1.29 is 9.53 Å². The Morgan fingerprint density at radius 1 is 1.64 bits per heavy atom. The van der Waals surface area contributed by atoms with E-state index in [4.69, 9.17) is 4.74 Å². The van der Waals surface area contributed by atoms with Crippen LogP contribution in [0.4, 0.5) is 5.69 Å². The summed E-state index contributed by atoms with van der Waals surface area (Å²) >= 11 is 1.48. The summed E-state index contributed by atoms with van der Waals surface area (Å²) in [5, 5.41) is 2.01. The predicted molar refractivity (Wildman–Crippen MR) is 57.3 cm³/mol. The molecule has 0 atom stereocenters. The van der Waals surface area contributed by atoms with Crippen LogP contribution >= 0.6 is 11.3 Å². The number of hydrogen-bond donors (Lipinski definition) is 0. The van der Waals surface area contributed by atoms with Gasteiger partial charge in [0.15, 0.2) is 6.29 Å². The average Bonchev–Trinajstić information content (AvgIpc) is 2.61. The Labute approximate surface area is 87.3 Å². The first-order chi connectivity index (χ1) is 6.67. The minimum absolute atomic E-state index is 0.0106. The van der Waals surface area contributed by atoms with E-state index in [1.807, 2.05) is 11.4 Å². The standard InChI is InChI=1S/C10H13NO2S/c1-10(13-2)6-11(7-10)8-3-9(4-12)14-5-8/h3-5H,6-7H2,1-2H3. The minimum atomic E-state index is -0.0106. The van der Waals surface area contributed by atoms with E-state index in [9.17, 15) is 4.79 Å². The quantitative estimate of drug-likeness (QED) is 0.714. The molecule has 1 saturated heterocycles. The molecule has 1 aromatic heterocycles. The molecule has 0 saturated carbocycles. The number of thiophene rings is 1. The Morgan fingerprint density at radius 2 is 2.36 bits per heavy atom. The predicted octanol–water partition coefficient (Wildman–Crippen LogP) is 1.79. The zero-order valence-electron chi connectivity index (χ0n) is 8.32. The second-order valence-electron chi connectivity index (χ2n) is 3.84. The molecule has 0 spiro atoms. The van der Waals surface area contributed by atoms with Gasteiger partial charge in [0.2, 0.25) is 0 Å². The topological polar surface area (TPSA) is 29.5 Å². The van der Waals surface area contributed by atoms with Gasteiger partial charge >= 0.3 is 0 Å². The summed E-state index contributed by atoms with van der Waals surface area (Å²) in [5.41, 5.74) is 1.12. The van der Waals surface area contributed by atoms with Crippen molar-refractivity contribution in [1.29, 1.82) is 0 Å². The Bertz CT molecular complexity index is 342. The first kappa shape index (κ1) is 9.68. The monoisotopic (exact) mass is 211 g/mol. The van der Waals surface area contributed by atoms with Crippen molar-refractivity contribution in [2.45, 2.75) is 12.5 Å². The Morgan fingerprint density at radius 3 is 2.86 bits per heavy atom. The molecule has 1 fully saturated rings. The van der Waals surface area contributed by atoms with Crippen LogP contribution in [0.2, 0.25) is 0 Å². The molecular weight excluding hydrogens is 198 g/mol. The molecule has 1 aromatic rings. The number of hydrogen-bond acceptors (Lipinski definition) is 4. The van der Waals surface area contributed by atoms with E-state index in [2.05, 4.69) is 11.8 Å². The summed E-state index contributed by atoms with van der Waals surface area (Å²) in [5.74, 6) is 0. The van der Waals surface area contributed by atoms with Crippen LogP contribution in [0.15, 0.2) is 11.4 Å². The highest BCUT2D eigenvalue weighted by molar-refractivity contribution is 7.12. The molecule has 2 heterocycles. The fraction of sp³-hybridized carbons (Fsp3) is 0.500.